The first-order valence-electron chi connectivity index (χ1n) is 5.12. The molecule has 0 fully saturated rings. The summed E-state index contributed by atoms with van der Waals surface area (Å²) in [5.41, 5.74) is 3.43. The Labute approximate surface area is 109 Å². The molecule has 0 atom stereocenters. The van der Waals surface area contributed by atoms with E-state index in [1.807, 2.05) is 20.8 Å². The first-order chi connectivity index (χ1) is 7.82. The maximum Gasteiger partial charge on any atom is 0.411 e. The number of nitrogens with zero attached hydrogens (tertiary/aromatic N) is 1. The van der Waals surface area contributed by atoms with Gasteiger partial charge in [0.1, 0.15) is 5.75 Å². The molecule has 0 heterocycles. The highest BCUT2D eigenvalue weighted by Gasteiger charge is 2.22. The smallest absolute Gasteiger partial charge is 0.411 e. The molecule has 1 aromatic carbocycles. The average Bonchev–Trinajstić information content (AvgIpc) is 2.29. The van der Waals surface area contributed by atoms with Gasteiger partial charge in [0.25, 0.3) is 0 Å². The van der Waals surface area contributed by atoms with Gasteiger partial charge in [-0.1, -0.05) is 15.9 Å². The first-order valence-corrected chi connectivity index (χ1v) is 5.92. The molecule has 0 spiro atoms. The molecular formula is C12H16BrNO3. The molecule has 5 heteroatoms. The number of halogens is 1. The number of hydrogen-bond donors (Lipinski definition) is 1. The molecule has 1 rings (SSSR count). The van der Waals surface area contributed by atoms with Gasteiger partial charge in [0.05, 0.1) is 12.8 Å². The minimum atomic E-state index is -1.01. The van der Waals surface area contributed by atoms with Gasteiger partial charge in [-0.15, -0.1) is 0 Å². The highest BCUT2D eigenvalue weighted by Crippen LogP contribution is 2.41. The number of amides is 1. The van der Waals surface area contributed by atoms with E-state index in [9.17, 15) is 4.79 Å². The van der Waals surface area contributed by atoms with E-state index in [1.54, 1.807) is 7.11 Å². The van der Waals surface area contributed by atoms with Gasteiger partial charge in [-0.25, -0.2) is 4.79 Å². The Morgan fingerprint density at radius 2 is 1.76 bits per heavy atom. The first kappa shape index (κ1) is 13.8. The maximum absolute atomic E-state index is 11.1. The summed E-state index contributed by atoms with van der Waals surface area (Å²) in [5, 5.41) is 9.09. The lowest BCUT2D eigenvalue weighted by molar-refractivity contribution is 0.203. The summed E-state index contributed by atoms with van der Waals surface area (Å²) in [6.07, 6.45) is -1.01. The Kier molecular flexibility index (Phi) is 4.03. The summed E-state index contributed by atoms with van der Waals surface area (Å²) in [4.78, 5) is 12.3. The summed E-state index contributed by atoms with van der Waals surface area (Å²) in [6, 6.07) is 0. The van der Waals surface area contributed by atoms with Crippen LogP contribution in [0.2, 0.25) is 0 Å². The van der Waals surface area contributed by atoms with E-state index in [2.05, 4.69) is 15.9 Å². The quantitative estimate of drug-likeness (QED) is 0.909. The number of methoxy groups -OCH3 is 1. The van der Waals surface area contributed by atoms with Crippen molar-refractivity contribution in [2.45, 2.75) is 20.8 Å². The summed E-state index contributed by atoms with van der Waals surface area (Å²) in [5.74, 6) is 0.605. The van der Waals surface area contributed by atoms with Crippen molar-refractivity contribution in [2.75, 3.05) is 19.1 Å². The van der Waals surface area contributed by atoms with Crippen LogP contribution in [0.4, 0.5) is 10.5 Å². The minimum absolute atomic E-state index is 0.579. The minimum Gasteiger partial charge on any atom is -0.494 e. The van der Waals surface area contributed by atoms with Crippen molar-refractivity contribution in [1.29, 1.82) is 0 Å². The zero-order valence-electron chi connectivity index (χ0n) is 10.6. The SMILES string of the molecule is COc1c(C)c(C)c(Br)c(C)c1N(C)C(=O)O. The second-order valence-electron chi connectivity index (χ2n) is 3.91. The fourth-order valence-corrected chi connectivity index (χ4v) is 2.30. The van der Waals surface area contributed by atoms with E-state index in [1.165, 1.54) is 11.9 Å². The highest BCUT2D eigenvalue weighted by molar-refractivity contribution is 9.10. The molecule has 1 N–H and O–H groups in total. The molecule has 0 saturated heterocycles. The Morgan fingerprint density at radius 3 is 2.18 bits per heavy atom. The molecule has 94 valence electrons. The Balaban J connectivity index is 3.63. The maximum atomic E-state index is 11.1. The van der Waals surface area contributed by atoms with Crippen molar-refractivity contribution in [1.82, 2.24) is 0 Å². The average molecular weight is 302 g/mol. The van der Waals surface area contributed by atoms with Crippen LogP contribution in [0, 0.1) is 20.8 Å². The standard InChI is InChI=1S/C12H16BrNO3/c1-6-7(2)11(17-5)10(8(3)9(6)13)14(4)12(15)16/h1-5H3,(H,15,16). The van der Waals surface area contributed by atoms with Crippen molar-refractivity contribution in [2.24, 2.45) is 0 Å². The van der Waals surface area contributed by atoms with Gasteiger partial charge in [-0.3, -0.25) is 4.90 Å². The zero-order valence-corrected chi connectivity index (χ0v) is 12.2. The third kappa shape index (κ3) is 2.24. The molecular weight excluding hydrogens is 286 g/mol. The highest BCUT2D eigenvalue weighted by atomic mass is 79.9. The molecule has 0 bridgehead atoms. The number of rotatable bonds is 2. The number of ether oxygens (including phenoxy) is 1. The van der Waals surface area contributed by atoms with Crippen LogP contribution >= 0.6 is 15.9 Å². The van der Waals surface area contributed by atoms with E-state index < -0.39 is 6.09 Å². The van der Waals surface area contributed by atoms with Crippen LogP contribution in [0.15, 0.2) is 4.47 Å². The molecule has 0 unspecified atom stereocenters. The number of anilines is 1. The van der Waals surface area contributed by atoms with Crippen LogP contribution in [-0.2, 0) is 0 Å². The van der Waals surface area contributed by atoms with Crippen molar-refractivity contribution in [3.05, 3.63) is 21.2 Å². The van der Waals surface area contributed by atoms with Crippen LogP contribution < -0.4 is 9.64 Å². The molecule has 0 aliphatic carbocycles. The van der Waals surface area contributed by atoms with Crippen molar-refractivity contribution in [3.63, 3.8) is 0 Å². The van der Waals surface area contributed by atoms with Gasteiger partial charge in [-0.05, 0) is 37.5 Å². The van der Waals surface area contributed by atoms with Crippen LogP contribution in [0.25, 0.3) is 0 Å². The second-order valence-corrected chi connectivity index (χ2v) is 4.71. The molecule has 0 aliphatic heterocycles. The van der Waals surface area contributed by atoms with Crippen LogP contribution in [0.5, 0.6) is 5.75 Å². The Bertz CT molecular complexity index is 472. The van der Waals surface area contributed by atoms with E-state index in [0.29, 0.717) is 11.4 Å². The van der Waals surface area contributed by atoms with Crippen molar-refractivity contribution < 1.29 is 14.6 Å². The third-order valence-electron chi connectivity index (χ3n) is 2.96. The van der Waals surface area contributed by atoms with E-state index in [0.717, 1.165) is 21.2 Å². The number of carboxylic acid groups (broad SMARTS) is 1. The Hall–Kier alpha value is -1.23. The fraction of sp³-hybridized carbons (Fsp3) is 0.417. The predicted octanol–water partition coefficient (Wildman–Crippen LogP) is 3.50. The Morgan fingerprint density at radius 1 is 1.24 bits per heavy atom. The fourth-order valence-electron chi connectivity index (χ4n) is 1.82. The summed E-state index contributed by atoms with van der Waals surface area (Å²) >= 11 is 3.49. The zero-order chi connectivity index (χ0) is 13.3. The summed E-state index contributed by atoms with van der Waals surface area (Å²) in [6.45, 7) is 5.75. The van der Waals surface area contributed by atoms with Gasteiger partial charge in [0.2, 0.25) is 0 Å². The molecule has 4 nitrogen and oxygen atoms in total. The van der Waals surface area contributed by atoms with Crippen LogP contribution in [0.3, 0.4) is 0 Å². The topological polar surface area (TPSA) is 49.8 Å². The predicted molar refractivity (Wildman–Crippen MR) is 71.3 cm³/mol. The normalized spacial score (nSPS) is 10.2. The van der Waals surface area contributed by atoms with Gasteiger partial charge in [0, 0.05) is 11.5 Å². The number of benzene rings is 1. The largest absolute Gasteiger partial charge is 0.494 e. The van der Waals surface area contributed by atoms with Gasteiger partial charge in [-0.2, -0.15) is 0 Å². The van der Waals surface area contributed by atoms with E-state index in [4.69, 9.17) is 9.84 Å². The molecule has 0 aliphatic rings. The second kappa shape index (κ2) is 4.96. The lowest BCUT2D eigenvalue weighted by Gasteiger charge is -2.23. The van der Waals surface area contributed by atoms with Crippen LogP contribution in [0.1, 0.15) is 16.7 Å². The summed E-state index contributed by atoms with van der Waals surface area (Å²) < 4.78 is 6.25. The molecule has 1 aromatic rings. The number of carbonyl (C=O) groups is 1. The number of hydrogen-bond acceptors (Lipinski definition) is 2. The van der Waals surface area contributed by atoms with E-state index in [-0.39, 0.29) is 0 Å². The van der Waals surface area contributed by atoms with E-state index >= 15 is 0 Å². The molecule has 0 radical (unpaired) electrons. The lowest BCUT2D eigenvalue weighted by atomic mass is 10.0. The van der Waals surface area contributed by atoms with Crippen molar-refractivity contribution >= 4 is 27.7 Å². The lowest BCUT2D eigenvalue weighted by Crippen LogP contribution is -2.25. The van der Waals surface area contributed by atoms with Gasteiger partial charge < -0.3 is 9.84 Å². The molecule has 17 heavy (non-hydrogen) atoms. The molecule has 1 amide bonds. The monoisotopic (exact) mass is 301 g/mol. The third-order valence-corrected chi connectivity index (χ3v) is 4.15. The van der Waals surface area contributed by atoms with Gasteiger partial charge >= 0.3 is 6.09 Å². The van der Waals surface area contributed by atoms with Crippen LogP contribution in [-0.4, -0.2) is 25.4 Å². The summed E-state index contributed by atoms with van der Waals surface area (Å²) in [7, 11) is 3.06. The molecule has 0 aromatic heterocycles. The van der Waals surface area contributed by atoms with Crippen molar-refractivity contribution in [3.8, 4) is 5.75 Å². The van der Waals surface area contributed by atoms with Gasteiger partial charge in [0.15, 0.2) is 0 Å². The molecule has 0 saturated carbocycles.